The number of piperidine rings is 1. The van der Waals surface area contributed by atoms with Crippen molar-refractivity contribution in [2.45, 2.75) is 51.3 Å². The van der Waals surface area contributed by atoms with E-state index >= 15 is 0 Å². The van der Waals surface area contributed by atoms with Gasteiger partial charge in [0.25, 0.3) is 0 Å². The molecule has 0 bridgehead atoms. The van der Waals surface area contributed by atoms with Gasteiger partial charge in [-0.1, -0.05) is 18.6 Å². The summed E-state index contributed by atoms with van der Waals surface area (Å²) >= 11 is 0. The van der Waals surface area contributed by atoms with E-state index in [0.717, 1.165) is 24.0 Å². The third kappa shape index (κ3) is 6.14. The molecule has 2 N–H and O–H groups in total. The Morgan fingerprint density at radius 3 is 2.78 bits per heavy atom. The van der Waals surface area contributed by atoms with Gasteiger partial charge >= 0.3 is 0 Å². The van der Waals surface area contributed by atoms with E-state index in [1.54, 1.807) is 7.05 Å². The van der Waals surface area contributed by atoms with Crippen molar-refractivity contribution in [3.8, 4) is 11.5 Å². The van der Waals surface area contributed by atoms with E-state index in [1.807, 2.05) is 24.3 Å². The second-order valence-corrected chi connectivity index (χ2v) is 7.26. The van der Waals surface area contributed by atoms with E-state index in [1.165, 1.54) is 25.8 Å². The Balaban J connectivity index is 0.00000261. The molecule has 3 unspecified atom stereocenters. The van der Waals surface area contributed by atoms with Crippen molar-refractivity contribution in [3.63, 3.8) is 0 Å². The van der Waals surface area contributed by atoms with Gasteiger partial charge in [-0.15, -0.1) is 24.0 Å². The molecule has 1 aromatic rings. The molecule has 0 amide bonds. The van der Waals surface area contributed by atoms with Gasteiger partial charge in [0.2, 0.25) is 0 Å². The highest BCUT2D eigenvalue weighted by Gasteiger charge is 2.24. The fourth-order valence-corrected chi connectivity index (χ4v) is 3.73. The number of fused-ring (bicyclic) bond motifs is 1. The lowest BCUT2D eigenvalue weighted by Crippen LogP contribution is -2.51. The molecule has 0 aromatic heterocycles. The number of aliphatic imine (C=N–C) groups is 1. The Hall–Kier alpha value is -1.22. The number of rotatable bonds is 5. The number of hydrogen-bond donors (Lipinski definition) is 2. The van der Waals surface area contributed by atoms with E-state index < -0.39 is 0 Å². The first-order valence-corrected chi connectivity index (χ1v) is 9.76. The van der Waals surface area contributed by atoms with Crippen LogP contribution < -0.4 is 20.1 Å². The van der Waals surface area contributed by atoms with Crippen LogP contribution in [-0.2, 0) is 0 Å². The number of benzene rings is 1. The number of hydrogen-bond acceptors (Lipinski definition) is 4. The fourth-order valence-electron chi connectivity index (χ4n) is 3.73. The average Bonchev–Trinajstić information content (AvgIpc) is 2.68. The smallest absolute Gasteiger partial charge is 0.191 e. The van der Waals surface area contributed by atoms with Gasteiger partial charge in [0.05, 0.1) is 6.54 Å². The Morgan fingerprint density at radius 1 is 1.26 bits per heavy atom. The van der Waals surface area contributed by atoms with Crippen LogP contribution in [0, 0.1) is 0 Å². The molecule has 1 saturated heterocycles. The molecule has 0 radical (unpaired) electrons. The largest absolute Gasteiger partial charge is 0.486 e. The minimum Gasteiger partial charge on any atom is -0.486 e. The van der Waals surface area contributed by atoms with Crippen LogP contribution in [0.1, 0.15) is 33.1 Å². The zero-order chi connectivity index (χ0) is 18.4. The predicted molar refractivity (Wildman–Crippen MR) is 121 cm³/mol. The van der Waals surface area contributed by atoms with Crippen molar-refractivity contribution < 1.29 is 9.47 Å². The lowest BCUT2D eigenvalue weighted by molar-refractivity contribution is 0.0934. The first-order chi connectivity index (χ1) is 12.7. The lowest BCUT2D eigenvalue weighted by atomic mass is 10.0. The molecule has 7 heteroatoms. The zero-order valence-electron chi connectivity index (χ0n) is 16.6. The summed E-state index contributed by atoms with van der Waals surface area (Å²) in [6, 6.07) is 8.95. The van der Waals surface area contributed by atoms with Crippen LogP contribution in [0.3, 0.4) is 0 Å². The van der Waals surface area contributed by atoms with Gasteiger partial charge in [-0.25, -0.2) is 0 Å². The number of likely N-dealkylation sites (tertiary alicyclic amines) is 1. The molecule has 0 spiro atoms. The first-order valence-electron chi connectivity index (χ1n) is 9.76. The number of guanidine groups is 1. The molecule has 2 aliphatic rings. The van der Waals surface area contributed by atoms with Crippen molar-refractivity contribution in [1.29, 1.82) is 0 Å². The van der Waals surface area contributed by atoms with Gasteiger partial charge in [0.15, 0.2) is 17.5 Å². The molecule has 3 rings (SSSR count). The molecule has 0 saturated carbocycles. The van der Waals surface area contributed by atoms with Crippen LogP contribution in [0.2, 0.25) is 0 Å². The molecule has 6 nitrogen and oxygen atoms in total. The Kier molecular flexibility index (Phi) is 8.95. The van der Waals surface area contributed by atoms with Gasteiger partial charge in [-0.3, -0.25) is 9.89 Å². The Bertz CT molecular complexity index is 613. The van der Waals surface area contributed by atoms with Gasteiger partial charge in [-0.2, -0.15) is 0 Å². The highest BCUT2D eigenvalue weighted by Crippen LogP contribution is 2.30. The molecule has 1 aromatic carbocycles. The van der Waals surface area contributed by atoms with E-state index in [9.17, 15) is 0 Å². The molecule has 27 heavy (non-hydrogen) atoms. The summed E-state index contributed by atoms with van der Waals surface area (Å²) in [4.78, 5) is 6.93. The molecular formula is C20H33IN4O2. The van der Waals surface area contributed by atoms with E-state index in [0.29, 0.717) is 25.2 Å². The van der Waals surface area contributed by atoms with Crippen LogP contribution in [0.15, 0.2) is 29.3 Å². The van der Waals surface area contributed by atoms with Gasteiger partial charge in [-0.05, 0) is 45.4 Å². The third-order valence-corrected chi connectivity index (χ3v) is 5.27. The van der Waals surface area contributed by atoms with Crippen LogP contribution in [-0.4, -0.2) is 62.3 Å². The number of halogens is 1. The molecule has 0 aliphatic carbocycles. The zero-order valence-corrected chi connectivity index (χ0v) is 18.9. The predicted octanol–water partition coefficient (Wildman–Crippen LogP) is 2.87. The maximum Gasteiger partial charge on any atom is 0.191 e. The first kappa shape index (κ1) is 22.1. The van der Waals surface area contributed by atoms with Crippen molar-refractivity contribution >= 4 is 29.9 Å². The van der Waals surface area contributed by atoms with Crippen molar-refractivity contribution in [2.24, 2.45) is 4.99 Å². The lowest BCUT2D eigenvalue weighted by Gasteiger charge is -2.38. The topological polar surface area (TPSA) is 58.1 Å². The maximum absolute atomic E-state index is 5.98. The maximum atomic E-state index is 5.98. The van der Waals surface area contributed by atoms with Crippen LogP contribution in [0.4, 0.5) is 0 Å². The molecule has 152 valence electrons. The summed E-state index contributed by atoms with van der Waals surface area (Å²) in [6.45, 7) is 7.90. The highest BCUT2D eigenvalue weighted by atomic mass is 127. The second-order valence-electron chi connectivity index (χ2n) is 7.26. The molecule has 2 aliphatic heterocycles. The van der Waals surface area contributed by atoms with Crippen LogP contribution >= 0.6 is 24.0 Å². The van der Waals surface area contributed by atoms with Gasteiger partial charge in [0, 0.05) is 25.7 Å². The fraction of sp³-hybridized carbons (Fsp3) is 0.650. The summed E-state index contributed by atoms with van der Waals surface area (Å²) in [6.07, 6.45) is 3.94. The Labute approximate surface area is 180 Å². The van der Waals surface area contributed by atoms with Crippen LogP contribution in [0.25, 0.3) is 0 Å². The van der Waals surface area contributed by atoms with Gasteiger partial charge in [0.1, 0.15) is 12.7 Å². The molecule has 2 heterocycles. The summed E-state index contributed by atoms with van der Waals surface area (Å²) in [5.41, 5.74) is 0. The quantitative estimate of drug-likeness (QED) is 0.380. The van der Waals surface area contributed by atoms with E-state index in [4.69, 9.17) is 9.47 Å². The average molecular weight is 488 g/mol. The number of nitrogens with one attached hydrogen (secondary N) is 2. The Morgan fingerprint density at radius 2 is 2.04 bits per heavy atom. The molecule has 1 fully saturated rings. The monoisotopic (exact) mass is 488 g/mol. The summed E-state index contributed by atoms with van der Waals surface area (Å²) < 4.78 is 11.7. The van der Waals surface area contributed by atoms with Gasteiger partial charge < -0.3 is 20.1 Å². The third-order valence-electron chi connectivity index (χ3n) is 5.27. The number of nitrogens with zero attached hydrogens (tertiary/aromatic N) is 2. The number of para-hydroxylation sites is 2. The SMILES string of the molecule is CN=C(NCC1COc2ccccc2O1)NCC(C)N1CCCCC1C.I. The van der Waals surface area contributed by atoms with E-state index in [-0.39, 0.29) is 30.1 Å². The molecular weight excluding hydrogens is 455 g/mol. The van der Waals surface area contributed by atoms with E-state index in [2.05, 4.69) is 34.4 Å². The highest BCUT2D eigenvalue weighted by molar-refractivity contribution is 14.0. The number of ether oxygens (including phenoxy) is 2. The normalized spacial score (nSPS) is 23.9. The van der Waals surface area contributed by atoms with Crippen molar-refractivity contribution in [3.05, 3.63) is 24.3 Å². The van der Waals surface area contributed by atoms with Crippen molar-refractivity contribution in [2.75, 3.05) is 33.3 Å². The second kappa shape index (κ2) is 10.9. The van der Waals surface area contributed by atoms with Crippen molar-refractivity contribution in [1.82, 2.24) is 15.5 Å². The standard InChI is InChI=1S/C20H32N4O2.HI/c1-15-8-6-7-11-24(15)16(2)12-22-20(21-3)23-13-17-14-25-18-9-4-5-10-19(18)26-17;/h4-5,9-10,15-17H,6-8,11-14H2,1-3H3,(H2,21,22,23);1H. The summed E-state index contributed by atoms with van der Waals surface area (Å²) in [5.74, 6) is 2.43. The minimum absolute atomic E-state index is 0. The molecule has 3 atom stereocenters. The minimum atomic E-state index is -0.0250. The summed E-state index contributed by atoms with van der Waals surface area (Å²) in [7, 11) is 1.80. The van der Waals surface area contributed by atoms with Crippen LogP contribution in [0.5, 0.6) is 11.5 Å². The summed E-state index contributed by atoms with van der Waals surface area (Å²) in [5, 5.41) is 6.80.